The molecule has 0 amide bonds. The Morgan fingerprint density at radius 3 is 1.37 bits per heavy atom. The number of hydrogen-bond donors (Lipinski definition) is 2. The van der Waals surface area contributed by atoms with Crippen LogP contribution < -0.4 is 6.15 Å². The van der Waals surface area contributed by atoms with Gasteiger partial charge in [-0.25, -0.2) is 8.42 Å². The molecular weight excluding hydrogens is 458 g/mol. The molecule has 0 bridgehead atoms. The van der Waals surface area contributed by atoms with Crippen LogP contribution in [0.15, 0.2) is 29.2 Å². The van der Waals surface area contributed by atoms with E-state index in [1.54, 1.807) is 12.1 Å². The quantitative estimate of drug-likeness (QED) is 0.119. The molecule has 1 atom stereocenters. The molecule has 5 N–H and O–H groups in total. The normalized spacial score (nSPS) is 12.6. The Bertz CT molecular complexity index is 704. The van der Waals surface area contributed by atoms with Crippen molar-refractivity contribution in [2.75, 3.05) is 6.61 Å². The molecule has 0 saturated carbocycles. The molecule has 0 aromatic heterocycles. The lowest BCUT2D eigenvalue weighted by atomic mass is 9.90. The van der Waals surface area contributed by atoms with Gasteiger partial charge in [-0.05, 0) is 42.4 Å². The zero-order valence-corrected chi connectivity index (χ0v) is 23.8. The average Bonchev–Trinajstić information content (AvgIpc) is 2.79. The third-order valence-electron chi connectivity index (χ3n) is 6.95. The van der Waals surface area contributed by atoms with Crippen molar-refractivity contribution >= 4 is 10.1 Å². The molecule has 5 nitrogen and oxygen atoms in total. The lowest BCUT2D eigenvalue weighted by Gasteiger charge is -2.17. The maximum atomic E-state index is 11.1. The second-order valence-electron chi connectivity index (χ2n) is 10.5. The van der Waals surface area contributed by atoms with Crippen LogP contribution >= 0.6 is 0 Å². The molecule has 0 fully saturated rings. The van der Waals surface area contributed by atoms with Crippen LogP contribution in [0.1, 0.15) is 141 Å². The van der Waals surface area contributed by atoms with Crippen LogP contribution in [0, 0.1) is 5.92 Å². The van der Waals surface area contributed by atoms with E-state index in [1.165, 1.54) is 108 Å². The second kappa shape index (κ2) is 21.2. The molecule has 0 saturated heterocycles. The highest BCUT2D eigenvalue weighted by Crippen LogP contribution is 2.27. The van der Waals surface area contributed by atoms with Crippen molar-refractivity contribution in [3.8, 4) is 0 Å². The Morgan fingerprint density at radius 2 is 1.03 bits per heavy atom. The van der Waals surface area contributed by atoms with Crippen LogP contribution in [-0.4, -0.2) is 24.7 Å². The zero-order chi connectivity index (χ0) is 25.1. The average molecular weight is 514 g/mol. The van der Waals surface area contributed by atoms with Crippen LogP contribution in [0.3, 0.4) is 0 Å². The fourth-order valence-corrected chi connectivity index (χ4v) is 5.25. The summed E-state index contributed by atoms with van der Waals surface area (Å²) in [6.45, 7) is 4.75. The molecule has 0 aliphatic rings. The molecule has 1 rings (SSSR count). The minimum Gasteiger partial charge on any atom is -0.744 e. The first-order valence-electron chi connectivity index (χ1n) is 14.0. The van der Waals surface area contributed by atoms with Gasteiger partial charge in [-0.15, -0.1) is 0 Å². The van der Waals surface area contributed by atoms with E-state index in [1.807, 2.05) is 0 Å². The highest BCUT2D eigenvalue weighted by atomic mass is 32.2. The molecule has 0 spiro atoms. The van der Waals surface area contributed by atoms with Gasteiger partial charge in [-0.1, -0.05) is 129 Å². The highest BCUT2D eigenvalue weighted by molar-refractivity contribution is 7.85. The third kappa shape index (κ3) is 18.0. The summed E-state index contributed by atoms with van der Waals surface area (Å²) in [6.07, 6.45) is 23.3. The predicted octanol–water partition coefficient (Wildman–Crippen LogP) is 8.72. The van der Waals surface area contributed by atoms with Gasteiger partial charge in [0.05, 0.1) is 4.90 Å². The van der Waals surface area contributed by atoms with E-state index in [0.29, 0.717) is 6.42 Å². The summed E-state index contributed by atoms with van der Waals surface area (Å²) in [5.41, 5.74) is 1.01. The number of hydrogen-bond acceptors (Lipinski definition) is 4. The van der Waals surface area contributed by atoms with Gasteiger partial charge < -0.3 is 15.8 Å². The summed E-state index contributed by atoms with van der Waals surface area (Å²) in [5, 5.41) is 9.39. The minimum atomic E-state index is -4.40. The van der Waals surface area contributed by atoms with Gasteiger partial charge in [0.2, 0.25) is 0 Å². The van der Waals surface area contributed by atoms with Crippen molar-refractivity contribution in [3.63, 3.8) is 0 Å². The summed E-state index contributed by atoms with van der Waals surface area (Å²) in [4.78, 5) is -0.188. The topological polar surface area (TPSA) is 114 Å². The maximum Gasteiger partial charge on any atom is 0.124 e. The van der Waals surface area contributed by atoms with E-state index in [0.717, 1.165) is 24.3 Å². The number of quaternary nitrogens is 1. The van der Waals surface area contributed by atoms with E-state index in [-0.39, 0.29) is 23.6 Å². The number of aliphatic hydroxyl groups excluding tert-OH is 1. The summed E-state index contributed by atoms with van der Waals surface area (Å²) in [7, 11) is -4.40. The first-order chi connectivity index (χ1) is 16.3. The lowest BCUT2D eigenvalue weighted by Crippen LogP contribution is -2.04. The molecule has 6 heteroatoms. The largest absolute Gasteiger partial charge is 0.744 e. The molecule has 1 aromatic carbocycles. The number of unbranched alkanes of at least 4 members (excludes halogenated alkanes) is 14. The number of benzene rings is 1. The number of rotatable bonds is 22. The Hall–Kier alpha value is -0.950. The maximum absolute atomic E-state index is 11.1. The first kappa shape index (κ1) is 34.0. The van der Waals surface area contributed by atoms with E-state index in [9.17, 15) is 18.1 Å². The van der Waals surface area contributed by atoms with Crippen LogP contribution in [0.25, 0.3) is 0 Å². The van der Waals surface area contributed by atoms with Gasteiger partial charge in [-0.3, -0.25) is 0 Å². The molecule has 1 unspecified atom stereocenters. The molecule has 206 valence electrons. The van der Waals surface area contributed by atoms with Gasteiger partial charge >= 0.3 is 0 Å². The third-order valence-corrected chi connectivity index (χ3v) is 7.80. The molecule has 0 radical (unpaired) electrons. The van der Waals surface area contributed by atoms with Crippen LogP contribution in [0.2, 0.25) is 0 Å². The van der Waals surface area contributed by atoms with Gasteiger partial charge in [0.1, 0.15) is 10.1 Å². The van der Waals surface area contributed by atoms with Crippen molar-refractivity contribution in [2.24, 2.45) is 5.92 Å². The first-order valence-corrected chi connectivity index (χ1v) is 15.4. The van der Waals surface area contributed by atoms with Crippen molar-refractivity contribution < 1.29 is 18.1 Å². The Kier molecular flexibility index (Phi) is 20.6. The van der Waals surface area contributed by atoms with Crippen molar-refractivity contribution in [2.45, 2.75) is 140 Å². The Labute approximate surface area is 216 Å². The lowest BCUT2D eigenvalue weighted by molar-refractivity contribution is 0.271. The van der Waals surface area contributed by atoms with Gasteiger partial charge in [0.25, 0.3) is 0 Å². The van der Waals surface area contributed by atoms with Crippen LogP contribution in [-0.2, 0) is 10.1 Å². The summed E-state index contributed by atoms with van der Waals surface area (Å²) >= 11 is 0. The highest BCUT2D eigenvalue weighted by Gasteiger charge is 2.12. The number of aliphatic hydroxyl groups is 1. The Morgan fingerprint density at radius 1 is 0.657 bits per heavy atom. The molecular formula is C29H55NO4S. The van der Waals surface area contributed by atoms with Crippen molar-refractivity contribution in [3.05, 3.63) is 29.8 Å². The summed E-state index contributed by atoms with van der Waals surface area (Å²) in [5.74, 6) is 1.07. The SMILES string of the molecule is CC(C)CCCCCCCCCCCCCCCCCC(CCO)c1ccc(S(=O)(=O)[O-])cc1.[NH4+]. The van der Waals surface area contributed by atoms with Crippen LogP contribution in [0.5, 0.6) is 0 Å². The molecule has 0 heterocycles. The summed E-state index contributed by atoms with van der Waals surface area (Å²) in [6, 6.07) is 6.21. The molecule has 35 heavy (non-hydrogen) atoms. The molecule has 0 aliphatic carbocycles. The summed E-state index contributed by atoms with van der Waals surface area (Å²) < 4.78 is 33.3. The zero-order valence-electron chi connectivity index (χ0n) is 23.0. The fourth-order valence-electron chi connectivity index (χ4n) is 4.78. The second-order valence-corrected chi connectivity index (χ2v) is 11.9. The smallest absolute Gasteiger partial charge is 0.124 e. The fraction of sp³-hybridized carbons (Fsp3) is 0.793. The van der Waals surface area contributed by atoms with Gasteiger partial charge in [-0.2, -0.15) is 0 Å². The van der Waals surface area contributed by atoms with Gasteiger partial charge in [0, 0.05) is 6.61 Å². The minimum absolute atomic E-state index is 0. The van der Waals surface area contributed by atoms with Crippen molar-refractivity contribution in [1.82, 2.24) is 6.15 Å². The van der Waals surface area contributed by atoms with Crippen LogP contribution in [0.4, 0.5) is 0 Å². The van der Waals surface area contributed by atoms with Crippen molar-refractivity contribution in [1.29, 1.82) is 0 Å². The molecule has 1 aromatic rings. The predicted molar refractivity (Wildman–Crippen MR) is 148 cm³/mol. The Balaban J connectivity index is 0.0000116. The standard InChI is InChI=1S/C29H52O4S.H3N/c1-26(2)18-16-14-12-10-8-6-4-3-5-7-9-11-13-15-17-19-27(24-25-30)28-20-22-29(23-21-28)34(31,32)33;/h20-23,26-27,30H,3-19,24-25H2,1-2H3,(H,31,32,33);1H3. The van der Waals surface area contributed by atoms with E-state index in [4.69, 9.17) is 0 Å². The van der Waals surface area contributed by atoms with E-state index < -0.39 is 10.1 Å². The molecule has 0 aliphatic heterocycles. The van der Waals surface area contributed by atoms with E-state index in [2.05, 4.69) is 13.8 Å². The monoisotopic (exact) mass is 513 g/mol. The van der Waals surface area contributed by atoms with E-state index >= 15 is 0 Å². The van der Waals surface area contributed by atoms with Gasteiger partial charge in [0.15, 0.2) is 0 Å².